The molecule has 0 saturated heterocycles. The number of rotatable bonds is 7. The van der Waals surface area contributed by atoms with Gasteiger partial charge in [0.05, 0.1) is 6.07 Å². The predicted octanol–water partition coefficient (Wildman–Crippen LogP) is 2.20. The number of hydrogen-bond acceptors (Lipinski definition) is 4. The summed E-state index contributed by atoms with van der Waals surface area (Å²) in [6.45, 7) is 4.07. The molecule has 0 aliphatic carbocycles. The monoisotopic (exact) mass is 257 g/mol. The number of nitrogens with zero attached hydrogens (tertiary/aromatic N) is 1. The van der Waals surface area contributed by atoms with E-state index in [-0.39, 0.29) is 12.0 Å². The standard InChI is InChI=1S/C12H16ClNO3/c1-3-16-11(7-5-4-6-8-14)10(2)17-12(15)9-13/h4-7,10-11H,3,9H2,1-2H3/b6-4+,7-5+/t10-,11-/m0/s1. The third kappa shape index (κ3) is 7.56. The summed E-state index contributed by atoms with van der Waals surface area (Å²) < 4.78 is 10.4. The normalized spacial score (nSPS) is 14.7. The van der Waals surface area contributed by atoms with Gasteiger partial charge in [-0.1, -0.05) is 18.2 Å². The van der Waals surface area contributed by atoms with Crippen molar-refractivity contribution in [2.75, 3.05) is 12.5 Å². The molecule has 0 aromatic carbocycles. The van der Waals surface area contributed by atoms with E-state index < -0.39 is 12.1 Å². The van der Waals surface area contributed by atoms with Crippen molar-refractivity contribution in [3.63, 3.8) is 0 Å². The molecule has 0 N–H and O–H groups in total. The lowest BCUT2D eigenvalue weighted by atomic mass is 10.2. The minimum atomic E-state index is -0.482. The van der Waals surface area contributed by atoms with Crippen molar-refractivity contribution in [1.82, 2.24) is 0 Å². The Morgan fingerprint density at radius 2 is 2.24 bits per heavy atom. The number of allylic oxidation sites excluding steroid dienone is 3. The molecule has 0 radical (unpaired) electrons. The van der Waals surface area contributed by atoms with Crippen LogP contribution in [0.25, 0.3) is 0 Å². The first-order valence-electron chi connectivity index (χ1n) is 5.25. The molecule has 0 unspecified atom stereocenters. The van der Waals surface area contributed by atoms with E-state index in [1.165, 1.54) is 6.08 Å². The molecule has 0 aromatic heterocycles. The molecule has 2 atom stereocenters. The second kappa shape index (κ2) is 9.88. The Bertz CT molecular complexity index is 320. The Morgan fingerprint density at radius 3 is 2.76 bits per heavy atom. The zero-order valence-electron chi connectivity index (χ0n) is 9.93. The Morgan fingerprint density at radius 1 is 1.53 bits per heavy atom. The van der Waals surface area contributed by atoms with Crippen LogP contribution in [0.3, 0.4) is 0 Å². The maximum absolute atomic E-state index is 11.0. The van der Waals surface area contributed by atoms with Crippen molar-refractivity contribution in [3.8, 4) is 6.07 Å². The lowest BCUT2D eigenvalue weighted by Gasteiger charge is -2.20. The summed E-state index contributed by atoms with van der Waals surface area (Å²) in [5.41, 5.74) is 0. The van der Waals surface area contributed by atoms with Crippen LogP contribution in [-0.2, 0) is 14.3 Å². The van der Waals surface area contributed by atoms with E-state index in [0.717, 1.165) is 0 Å². The average Bonchev–Trinajstić information content (AvgIpc) is 2.32. The second-order valence-corrected chi connectivity index (χ2v) is 3.39. The number of carbonyl (C=O) groups is 1. The van der Waals surface area contributed by atoms with Gasteiger partial charge in [-0.05, 0) is 13.8 Å². The van der Waals surface area contributed by atoms with Crippen molar-refractivity contribution < 1.29 is 14.3 Å². The molecule has 0 heterocycles. The number of esters is 1. The van der Waals surface area contributed by atoms with E-state index >= 15 is 0 Å². The fourth-order valence-electron chi connectivity index (χ4n) is 1.12. The highest BCUT2D eigenvalue weighted by Crippen LogP contribution is 2.07. The maximum atomic E-state index is 11.0. The summed E-state index contributed by atoms with van der Waals surface area (Å²) in [6.07, 6.45) is 5.55. The van der Waals surface area contributed by atoms with Gasteiger partial charge in [0, 0.05) is 12.7 Å². The van der Waals surface area contributed by atoms with Crippen LogP contribution in [0.15, 0.2) is 24.3 Å². The summed E-state index contributed by atoms with van der Waals surface area (Å²) >= 11 is 5.34. The van der Waals surface area contributed by atoms with Gasteiger partial charge in [-0.15, -0.1) is 11.6 Å². The minimum absolute atomic E-state index is 0.179. The van der Waals surface area contributed by atoms with Gasteiger partial charge in [0.25, 0.3) is 0 Å². The number of nitriles is 1. The van der Waals surface area contributed by atoms with Crippen molar-refractivity contribution in [2.24, 2.45) is 0 Å². The van der Waals surface area contributed by atoms with Crippen LogP contribution >= 0.6 is 11.6 Å². The fraction of sp³-hybridized carbons (Fsp3) is 0.500. The predicted molar refractivity (Wildman–Crippen MR) is 65.6 cm³/mol. The van der Waals surface area contributed by atoms with E-state index in [9.17, 15) is 4.79 Å². The van der Waals surface area contributed by atoms with Gasteiger partial charge < -0.3 is 9.47 Å². The zero-order valence-corrected chi connectivity index (χ0v) is 10.7. The molecule has 0 fully saturated rings. The molecule has 0 amide bonds. The van der Waals surface area contributed by atoms with Crippen molar-refractivity contribution >= 4 is 17.6 Å². The molecular weight excluding hydrogens is 242 g/mol. The number of halogens is 1. The highest BCUT2D eigenvalue weighted by atomic mass is 35.5. The molecule has 0 saturated carbocycles. The third-order valence-corrected chi connectivity index (χ3v) is 2.05. The highest BCUT2D eigenvalue weighted by Gasteiger charge is 2.18. The van der Waals surface area contributed by atoms with Crippen LogP contribution in [0.4, 0.5) is 0 Å². The summed E-state index contributed by atoms with van der Waals surface area (Å²) in [6, 6.07) is 1.87. The molecule has 4 nitrogen and oxygen atoms in total. The summed E-state index contributed by atoms with van der Waals surface area (Å²) in [4.78, 5) is 11.0. The Labute approximate surface area is 106 Å². The van der Waals surface area contributed by atoms with Crippen LogP contribution < -0.4 is 0 Å². The molecule has 0 rings (SSSR count). The summed E-state index contributed by atoms with van der Waals surface area (Å²) in [5.74, 6) is -0.661. The van der Waals surface area contributed by atoms with Crippen LogP contribution in [0.1, 0.15) is 13.8 Å². The molecule has 0 bridgehead atoms. The maximum Gasteiger partial charge on any atom is 0.321 e. The lowest BCUT2D eigenvalue weighted by Crippen LogP contribution is -2.30. The van der Waals surface area contributed by atoms with E-state index in [1.807, 2.05) is 13.0 Å². The lowest BCUT2D eigenvalue weighted by molar-refractivity contribution is -0.150. The first-order chi connectivity index (χ1) is 8.15. The molecule has 0 aliphatic heterocycles. The van der Waals surface area contributed by atoms with Gasteiger partial charge in [0.1, 0.15) is 18.1 Å². The van der Waals surface area contributed by atoms with Gasteiger partial charge >= 0.3 is 5.97 Å². The van der Waals surface area contributed by atoms with Gasteiger partial charge in [-0.3, -0.25) is 4.79 Å². The van der Waals surface area contributed by atoms with Crippen LogP contribution in [0.5, 0.6) is 0 Å². The number of carbonyl (C=O) groups excluding carboxylic acids is 1. The van der Waals surface area contributed by atoms with Crippen LogP contribution in [0, 0.1) is 11.3 Å². The van der Waals surface area contributed by atoms with Gasteiger partial charge in [-0.2, -0.15) is 5.26 Å². The second-order valence-electron chi connectivity index (χ2n) is 3.12. The minimum Gasteiger partial charge on any atom is -0.459 e. The zero-order chi connectivity index (χ0) is 13.1. The molecule has 0 spiro atoms. The van der Waals surface area contributed by atoms with E-state index in [1.54, 1.807) is 25.2 Å². The summed E-state index contributed by atoms with van der Waals surface area (Å²) in [7, 11) is 0. The molecule has 17 heavy (non-hydrogen) atoms. The highest BCUT2D eigenvalue weighted by molar-refractivity contribution is 6.26. The Kier molecular flexibility index (Phi) is 9.12. The number of hydrogen-bond donors (Lipinski definition) is 0. The van der Waals surface area contributed by atoms with Crippen LogP contribution in [-0.4, -0.2) is 30.7 Å². The first kappa shape index (κ1) is 15.7. The average molecular weight is 258 g/mol. The van der Waals surface area contributed by atoms with E-state index in [2.05, 4.69) is 0 Å². The molecule has 0 aromatic rings. The molecule has 94 valence electrons. The smallest absolute Gasteiger partial charge is 0.321 e. The van der Waals surface area contributed by atoms with Crippen molar-refractivity contribution in [1.29, 1.82) is 5.26 Å². The first-order valence-corrected chi connectivity index (χ1v) is 5.79. The summed E-state index contributed by atoms with van der Waals surface area (Å²) in [5, 5.41) is 8.31. The van der Waals surface area contributed by atoms with Crippen molar-refractivity contribution in [2.45, 2.75) is 26.1 Å². The fourth-order valence-corrected chi connectivity index (χ4v) is 1.18. The molecule has 5 heteroatoms. The Balaban J connectivity index is 4.40. The van der Waals surface area contributed by atoms with E-state index in [4.69, 9.17) is 26.3 Å². The van der Waals surface area contributed by atoms with Gasteiger partial charge in [0.2, 0.25) is 0 Å². The largest absolute Gasteiger partial charge is 0.459 e. The van der Waals surface area contributed by atoms with Gasteiger partial charge in [0.15, 0.2) is 0 Å². The molecular formula is C12H16ClNO3. The van der Waals surface area contributed by atoms with Crippen LogP contribution in [0.2, 0.25) is 0 Å². The topological polar surface area (TPSA) is 59.3 Å². The SMILES string of the molecule is CCO[C@@H](/C=C/C=C/C#N)[C@H](C)OC(=O)CCl. The van der Waals surface area contributed by atoms with Gasteiger partial charge in [-0.25, -0.2) is 0 Å². The number of alkyl halides is 1. The quantitative estimate of drug-likeness (QED) is 0.304. The van der Waals surface area contributed by atoms with Crippen molar-refractivity contribution in [3.05, 3.63) is 24.3 Å². The van der Waals surface area contributed by atoms with E-state index in [0.29, 0.717) is 6.61 Å². The third-order valence-electron chi connectivity index (χ3n) is 1.83. The number of ether oxygens (including phenoxy) is 2. The molecule has 0 aliphatic rings. The Hall–Kier alpha value is -1.31.